The predicted octanol–water partition coefficient (Wildman–Crippen LogP) is 0.959. The van der Waals surface area contributed by atoms with Gasteiger partial charge in [-0.2, -0.15) is 0 Å². The molecule has 19 heavy (non-hydrogen) atoms. The van der Waals surface area contributed by atoms with Gasteiger partial charge in [-0.15, -0.1) is 0 Å². The summed E-state index contributed by atoms with van der Waals surface area (Å²) in [5, 5.41) is 27.6. The van der Waals surface area contributed by atoms with Gasteiger partial charge in [0.1, 0.15) is 18.1 Å². The molecule has 2 aromatic rings. The monoisotopic (exact) mass is 258 g/mol. The molecule has 4 nitrogen and oxygen atoms in total. The summed E-state index contributed by atoms with van der Waals surface area (Å²) in [7, 11) is -1.48. The van der Waals surface area contributed by atoms with E-state index in [1.54, 1.807) is 43.3 Å². The fourth-order valence-corrected chi connectivity index (χ4v) is 1.73. The van der Waals surface area contributed by atoms with Crippen molar-refractivity contribution in [3.63, 3.8) is 0 Å². The maximum atomic E-state index is 9.42. The summed E-state index contributed by atoms with van der Waals surface area (Å²) < 4.78 is 5.59. The van der Waals surface area contributed by atoms with E-state index in [2.05, 4.69) is 0 Å². The van der Waals surface area contributed by atoms with Gasteiger partial charge in [-0.3, -0.25) is 0 Å². The first-order chi connectivity index (χ1) is 9.06. The number of phenols is 1. The van der Waals surface area contributed by atoms with Crippen LogP contribution in [0.15, 0.2) is 42.5 Å². The lowest BCUT2D eigenvalue weighted by atomic mass is 9.80. The topological polar surface area (TPSA) is 69.9 Å². The normalized spacial score (nSPS) is 10.3. The Balaban J connectivity index is 2.05. The summed E-state index contributed by atoms with van der Waals surface area (Å²) >= 11 is 0. The predicted molar refractivity (Wildman–Crippen MR) is 73.4 cm³/mol. The van der Waals surface area contributed by atoms with Gasteiger partial charge in [-0.05, 0) is 41.7 Å². The molecule has 0 spiro atoms. The van der Waals surface area contributed by atoms with E-state index in [0.29, 0.717) is 17.8 Å². The van der Waals surface area contributed by atoms with Crippen LogP contribution in [0.5, 0.6) is 11.5 Å². The van der Waals surface area contributed by atoms with Crippen LogP contribution < -0.4 is 10.2 Å². The SMILES string of the molecule is Cc1cc(OCc2cccc(B(O)O)c2)ccc1O. The number of hydrogen-bond acceptors (Lipinski definition) is 4. The third kappa shape index (κ3) is 3.50. The number of aryl methyl sites for hydroxylation is 1. The van der Waals surface area contributed by atoms with Crippen molar-refractivity contribution in [3.8, 4) is 11.5 Å². The highest BCUT2D eigenvalue weighted by atomic mass is 16.5. The number of aromatic hydroxyl groups is 1. The fraction of sp³-hybridized carbons (Fsp3) is 0.143. The molecule has 0 aliphatic rings. The quantitative estimate of drug-likeness (QED) is 0.714. The summed E-state index contributed by atoms with van der Waals surface area (Å²) in [6, 6.07) is 11.9. The second kappa shape index (κ2) is 5.78. The van der Waals surface area contributed by atoms with E-state index in [4.69, 9.17) is 14.8 Å². The van der Waals surface area contributed by atoms with Crippen LogP contribution in [0.3, 0.4) is 0 Å². The summed E-state index contributed by atoms with van der Waals surface area (Å²) in [5.41, 5.74) is 2.02. The van der Waals surface area contributed by atoms with Crippen LogP contribution in [0.1, 0.15) is 11.1 Å². The number of hydrogen-bond donors (Lipinski definition) is 3. The van der Waals surface area contributed by atoms with Crippen molar-refractivity contribution in [2.24, 2.45) is 0 Å². The third-order valence-corrected chi connectivity index (χ3v) is 2.82. The Labute approximate surface area is 112 Å². The molecule has 0 saturated carbocycles. The van der Waals surface area contributed by atoms with E-state index in [9.17, 15) is 5.11 Å². The molecule has 2 aromatic carbocycles. The summed E-state index contributed by atoms with van der Waals surface area (Å²) in [5.74, 6) is 0.892. The molecule has 0 aliphatic carbocycles. The molecule has 98 valence electrons. The molecule has 0 radical (unpaired) electrons. The third-order valence-electron chi connectivity index (χ3n) is 2.82. The molecule has 3 N–H and O–H groups in total. The van der Waals surface area contributed by atoms with Gasteiger partial charge < -0.3 is 19.9 Å². The number of ether oxygens (including phenoxy) is 1. The van der Waals surface area contributed by atoms with Crippen LogP contribution in [0.4, 0.5) is 0 Å². The lowest BCUT2D eigenvalue weighted by molar-refractivity contribution is 0.305. The van der Waals surface area contributed by atoms with E-state index >= 15 is 0 Å². The Hall–Kier alpha value is -1.98. The summed E-state index contributed by atoms with van der Waals surface area (Å²) in [4.78, 5) is 0. The van der Waals surface area contributed by atoms with Gasteiger partial charge in [0, 0.05) is 0 Å². The molecular weight excluding hydrogens is 243 g/mol. The smallest absolute Gasteiger partial charge is 0.488 e. The molecule has 2 rings (SSSR count). The zero-order valence-corrected chi connectivity index (χ0v) is 10.6. The van der Waals surface area contributed by atoms with Crippen LogP contribution in [-0.4, -0.2) is 22.3 Å². The van der Waals surface area contributed by atoms with E-state index in [1.165, 1.54) is 0 Å². The zero-order chi connectivity index (χ0) is 13.8. The lowest BCUT2D eigenvalue weighted by Crippen LogP contribution is -2.29. The molecule has 0 saturated heterocycles. The molecular formula is C14H15BO4. The van der Waals surface area contributed by atoms with Gasteiger partial charge in [-0.1, -0.05) is 24.3 Å². The molecule has 0 bridgehead atoms. The Kier molecular flexibility index (Phi) is 4.09. The van der Waals surface area contributed by atoms with Crippen molar-refractivity contribution >= 4 is 12.6 Å². The number of benzene rings is 2. The Bertz CT molecular complexity index is 569. The Morgan fingerprint density at radius 2 is 1.89 bits per heavy atom. The first kappa shape index (κ1) is 13.5. The summed E-state index contributed by atoms with van der Waals surface area (Å²) in [6.45, 7) is 2.12. The maximum absolute atomic E-state index is 9.42. The second-order valence-electron chi connectivity index (χ2n) is 4.36. The van der Waals surface area contributed by atoms with Crippen molar-refractivity contribution in [1.82, 2.24) is 0 Å². The van der Waals surface area contributed by atoms with Gasteiger partial charge in [0.05, 0.1) is 0 Å². The van der Waals surface area contributed by atoms with Crippen molar-refractivity contribution in [2.75, 3.05) is 0 Å². The van der Waals surface area contributed by atoms with E-state index < -0.39 is 7.12 Å². The minimum atomic E-state index is -1.48. The molecule has 0 amide bonds. The van der Waals surface area contributed by atoms with E-state index in [0.717, 1.165) is 11.1 Å². The fourth-order valence-electron chi connectivity index (χ4n) is 1.73. The molecule has 0 fully saturated rings. The van der Waals surface area contributed by atoms with E-state index in [1.807, 2.05) is 6.07 Å². The maximum Gasteiger partial charge on any atom is 0.488 e. The molecule has 0 unspecified atom stereocenters. The largest absolute Gasteiger partial charge is 0.508 e. The van der Waals surface area contributed by atoms with Crippen LogP contribution in [-0.2, 0) is 6.61 Å². The van der Waals surface area contributed by atoms with Crippen molar-refractivity contribution < 1.29 is 19.9 Å². The Morgan fingerprint density at radius 1 is 1.11 bits per heavy atom. The summed E-state index contributed by atoms with van der Waals surface area (Å²) in [6.07, 6.45) is 0. The van der Waals surface area contributed by atoms with Crippen LogP contribution in [0.25, 0.3) is 0 Å². The highest BCUT2D eigenvalue weighted by Crippen LogP contribution is 2.22. The van der Waals surface area contributed by atoms with Gasteiger partial charge in [0.2, 0.25) is 0 Å². The van der Waals surface area contributed by atoms with E-state index in [-0.39, 0.29) is 5.75 Å². The van der Waals surface area contributed by atoms with Crippen LogP contribution >= 0.6 is 0 Å². The average Bonchev–Trinajstić information content (AvgIpc) is 2.40. The first-order valence-electron chi connectivity index (χ1n) is 5.93. The molecule has 0 heterocycles. The van der Waals surface area contributed by atoms with Crippen molar-refractivity contribution in [3.05, 3.63) is 53.6 Å². The lowest BCUT2D eigenvalue weighted by Gasteiger charge is -2.09. The number of rotatable bonds is 4. The molecule has 0 aromatic heterocycles. The highest BCUT2D eigenvalue weighted by molar-refractivity contribution is 6.58. The van der Waals surface area contributed by atoms with Gasteiger partial charge in [0.15, 0.2) is 0 Å². The minimum absolute atomic E-state index is 0.234. The molecule has 0 aliphatic heterocycles. The standard InChI is InChI=1S/C14H15BO4/c1-10-7-13(5-6-14(10)16)19-9-11-3-2-4-12(8-11)15(17)18/h2-8,16-18H,9H2,1H3. The first-order valence-corrected chi connectivity index (χ1v) is 5.93. The van der Waals surface area contributed by atoms with Gasteiger partial charge in [-0.25, -0.2) is 0 Å². The number of phenolic OH excluding ortho intramolecular Hbond substituents is 1. The zero-order valence-electron chi connectivity index (χ0n) is 10.6. The van der Waals surface area contributed by atoms with Crippen molar-refractivity contribution in [1.29, 1.82) is 0 Å². The molecule has 0 atom stereocenters. The van der Waals surface area contributed by atoms with Gasteiger partial charge >= 0.3 is 7.12 Å². The highest BCUT2D eigenvalue weighted by Gasteiger charge is 2.10. The minimum Gasteiger partial charge on any atom is -0.508 e. The molecule has 5 heteroatoms. The second-order valence-corrected chi connectivity index (χ2v) is 4.36. The van der Waals surface area contributed by atoms with Gasteiger partial charge in [0.25, 0.3) is 0 Å². The average molecular weight is 258 g/mol. The Morgan fingerprint density at radius 3 is 2.58 bits per heavy atom. The van der Waals surface area contributed by atoms with Crippen LogP contribution in [0, 0.1) is 6.92 Å². The van der Waals surface area contributed by atoms with Crippen molar-refractivity contribution in [2.45, 2.75) is 13.5 Å². The van der Waals surface area contributed by atoms with Crippen LogP contribution in [0.2, 0.25) is 0 Å².